The number of piperidine rings is 1. The first-order valence-corrected chi connectivity index (χ1v) is 10.1. The highest BCUT2D eigenvalue weighted by molar-refractivity contribution is 5.76. The van der Waals surface area contributed by atoms with Crippen LogP contribution in [-0.2, 0) is 30.6 Å². The summed E-state index contributed by atoms with van der Waals surface area (Å²) in [7, 11) is 0. The lowest BCUT2D eigenvalue weighted by molar-refractivity contribution is -0.133. The third-order valence-corrected chi connectivity index (χ3v) is 5.89. The van der Waals surface area contributed by atoms with Crippen molar-refractivity contribution >= 4 is 5.91 Å². The van der Waals surface area contributed by atoms with Crippen LogP contribution in [0.2, 0.25) is 0 Å². The summed E-state index contributed by atoms with van der Waals surface area (Å²) in [6.45, 7) is 1.61. The molecule has 2 heterocycles. The lowest BCUT2D eigenvalue weighted by Gasteiger charge is -2.32. The Hall–Kier alpha value is -2.43. The number of nitrogens with zero attached hydrogens (tertiary/aromatic N) is 3. The van der Waals surface area contributed by atoms with Gasteiger partial charge >= 0.3 is 0 Å². The van der Waals surface area contributed by atoms with Crippen molar-refractivity contribution in [1.29, 1.82) is 0 Å². The Bertz CT molecular complexity index is 852. The maximum atomic E-state index is 12.7. The van der Waals surface area contributed by atoms with Crippen LogP contribution in [0.3, 0.4) is 0 Å². The zero-order chi connectivity index (χ0) is 18.6. The van der Waals surface area contributed by atoms with Crippen molar-refractivity contribution in [3.8, 4) is 0 Å². The second-order valence-corrected chi connectivity index (χ2v) is 7.83. The number of likely N-dealkylation sites (tertiary alicyclic amines) is 1. The van der Waals surface area contributed by atoms with Gasteiger partial charge in [-0.1, -0.05) is 30.3 Å². The van der Waals surface area contributed by atoms with E-state index in [1.54, 1.807) is 6.07 Å². The van der Waals surface area contributed by atoms with Crippen LogP contribution in [0.5, 0.6) is 0 Å². The molecule has 0 N–H and O–H groups in total. The van der Waals surface area contributed by atoms with E-state index >= 15 is 0 Å². The van der Waals surface area contributed by atoms with E-state index in [2.05, 4.69) is 29.4 Å². The third-order valence-electron chi connectivity index (χ3n) is 5.89. The Labute approximate surface area is 160 Å². The molecule has 2 aromatic rings. The number of fused-ring (bicyclic) bond motifs is 1. The van der Waals surface area contributed by atoms with Gasteiger partial charge in [0, 0.05) is 19.2 Å². The van der Waals surface area contributed by atoms with Crippen LogP contribution < -0.4 is 5.56 Å². The maximum absolute atomic E-state index is 12.7. The number of amides is 1. The van der Waals surface area contributed by atoms with E-state index in [0.717, 1.165) is 69.3 Å². The first-order valence-electron chi connectivity index (χ1n) is 10.1. The number of carbonyl (C=O) groups is 1. The van der Waals surface area contributed by atoms with E-state index < -0.39 is 0 Å². The fraction of sp³-hybridized carbons (Fsp3) is 0.500. The van der Waals surface area contributed by atoms with Gasteiger partial charge in [-0.25, -0.2) is 4.68 Å². The Morgan fingerprint density at radius 1 is 1.07 bits per heavy atom. The fourth-order valence-electron chi connectivity index (χ4n) is 4.28. The molecule has 1 fully saturated rings. The van der Waals surface area contributed by atoms with Gasteiger partial charge in [0.2, 0.25) is 5.91 Å². The zero-order valence-electron chi connectivity index (χ0n) is 15.8. The van der Waals surface area contributed by atoms with Crippen LogP contribution in [0.1, 0.15) is 42.5 Å². The molecule has 0 radical (unpaired) electrons. The van der Waals surface area contributed by atoms with Gasteiger partial charge < -0.3 is 4.90 Å². The molecule has 2 aliphatic rings. The predicted molar refractivity (Wildman–Crippen MR) is 105 cm³/mol. The molecule has 0 spiro atoms. The van der Waals surface area contributed by atoms with Crippen LogP contribution in [0.4, 0.5) is 0 Å². The van der Waals surface area contributed by atoms with Crippen LogP contribution in [0.15, 0.2) is 41.2 Å². The van der Waals surface area contributed by atoms with Gasteiger partial charge in [-0.15, -0.1) is 0 Å². The van der Waals surface area contributed by atoms with E-state index in [9.17, 15) is 9.59 Å². The quantitative estimate of drug-likeness (QED) is 0.837. The molecule has 1 aliphatic heterocycles. The van der Waals surface area contributed by atoms with Crippen molar-refractivity contribution in [3.63, 3.8) is 0 Å². The van der Waals surface area contributed by atoms with Gasteiger partial charge in [0.1, 0.15) is 6.54 Å². The normalized spacial score (nSPS) is 17.6. The van der Waals surface area contributed by atoms with E-state index in [1.807, 2.05) is 11.0 Å². The van der Waals surface area contributed by atoms with Gasteiger partial charge in [0.05, 0.1) is 5.69 Å². The SMILES string of the molecule is O=C(Cn1nc2c(cc1=O)CCCC2)N1CCC(Cc2ccccc2)CC1. The molecule has 1 saturated heterocycles. The highest BCUT2D eigenvalue weighted by Gasteiger charge is 2.24. The number of hydrogen-bond acceptors (Lipinski definition) is 3. The smallest absolute Gasteiger partial charge is 0.267 e. The Kier molecular flexibility index (Phi) is 5.37. The summed E-state index contributed by atoms with van der Waals surface area (Å²) >= 11 is 0. The van der Waals surface area contributed by atoms with Crippen molar-refractivity contribution < 1.29 is 4.79 Å². The second-order valence-electron chi connectivity index (χ2n) is 7.83. The van der Waals surface area contributed by atoms with Crippen molar-refractivity contribution in [2.75, 3.05) is 13.1 Å². The maximum Gasteiger partial charge on any atom is 0.267 e. The molecule has 0 unspecified atom stereocenters. The predicted octanol–water partition coefficient (Wildman–Crippen LogP) is 2.60. The van der Waals surface area contributed by atoms with Gasteiger partial charge in [0.15, 0.2) is 0 Å². The van der Waals surface area contributed by atoms with Crippen molar-refractivity contribution in [3.05, 3.63) is 63.6 Å². The van der Waals surface area contributed by atoms with E-state index in [0.29, 0.717) is 5.92 Å². The van der Waals surface area contributed by atoms with Gasteiger partial charge in [-0.05, 0) is 62.0 Å². The van der Waals surface area contributed by atoms with E-state index in [4.69, 9.17) is 0 Å². The number of hydrogen-bond donors (Lipinski definition) is 0. The summed E-state index contributed by atoms with van der Waals surface area (Å²) in [4.78, 5) is 26.9. The van der Waals surface area contributed by atoms with Crippen LogP contribution >= 0.6 is 0 Å². The molecular formula is C22H27N3O2. The van der Waals surface area contributed by atoms with Gasteiger partial charge in [-0.3, -0.25) is 9.59 Å². The number of aromatic nitrogens is 2. The summed E-state index contributed by atoms with van der Waals surface area (Å²) in [6, 6.07) is 12.2. The molecule has 5 heteroatoms. The standard InChI is InChI=1S/C22H27N3O2/c26-21-15-19-8-4-5-9-20(19)23-25(21)16-22(27)24-12-10-18(11-13-24)14-17-6-2-1-3-7-17/h1-3,6-7,15,18H,4-5,8-14,16H2. The third kappa shape index (κ3) is 4.29. The topological polar surface area (TPSA) is 55.2 Å². The summed E-state index contributed by atoms with van der Waals surface area (Å²) in [6.07, 6.45) is 7.20. The number of benzene rings is 1. The zero-order valence-corrected chi connectivity index (χ0v) is 15.8. The minimum absolute atomic E-state index is 0.0125. The number of carbonyl (C=O) groups excluding carboxylic acids is 1. The minimum Gasteiger partial charge on any atom is -0.341 e. The molecule has 0 saturated carbocycles. The van der Waals surface area contributed by atoms with E-state index in [1.165, 1.54) is 10.2 Å². The summed E-state index contributed by atoms with van der Waals surface area (Å²) in [5.74, 6) is 0.638. The van der Waals surface area contributed by atoms with Crippen molar-refractivity contribution in [2.24, 2.45) is 5.92 Å². The molecule has 1 aromatic carbocycles. The average Bonchev–Trinajstić information content (AvgIpc) is 2.70. The lowest BCUT2D eigenvalue weighted by Crippen LogP contribution is -2.42. The molecule has 142 valence electrons. The van der Waals surface area contributed by atoms with Crippen LogP contribution in [-0.4, -0.2) is 33.7 Å². The van der Waals surface area contributed by atoms with Crippen molar-refractivity contribution in [2.45, 2.75) is 51.5 Å². The Morgan fingerprint density at radius 2 is 1.81 bits per heavy atom. The van der Waals surface area contributed by atoms with Gasteiger partial charge in [0.25, 0.3) is 5.56 Å². The molecular weight excluding hydrogens is 338 g/mol. The average molecular weight is 365 g/mol. The molecule has 0 atom stereocenters. The molecule has 4 rings (SSSR count). The molecule has 1 aliphatic carbocycles. The summed E-state index contributed by atoms with van der Waals surface area (Å²) in [5, 5.41) is 4.48. The summed E-state index contributed by atoms with van der Waals surface area (Å²) < 4.78 is 1.36. The lowest BCUT2D eigenvalue weighted by atomic mass is 9.90. The molecule has 1 aromatic heterocycles. The minimum atomic E-state index is -0.150. The van der Waals surface area contributed by atoms with Crippen LogP contribution in [0, 0.1) is 5.92 Å². The first kappa shape index (κ1) is 18.0. The molecule has 0 bridgehead atoms. The Morgan fingerprint density at radius 3 is 2.59 bits per heavy atom. The molecule has 5 nitrogen and oxygen atoms in total. The monoisotopic (exact) mass is 365 g/mol. The van der Waals surface area contributed by atoms with E-state index in [-0.39, 0.29) is 18.0 Å². The van der Waals surface area contributed by atoms with Crippen molar-refractivity contribution in [1.82, 2.24) is 14.7 Å². The summed E-state index contributed by atoms with van der Waals surface area (Å²) in [5.41, 5.74) is 3.28. The van der Waals surface area contributed by atoms with Crippen LogP contribution in [0.25, 0.3) is 0 Å². The number of aryl methyl sites for hydroxylation is 2. The van der Waals surface area contributed by atoms with Gasteiger partial charge in [-0.2, -0.15) is 5.10 Å². The first-order chi connectivity index (χ1) is 13.2. The second kappa shape index (κ2) is 8.07. The highest BCUT2D eigenvalue weighted by atomic mass is 16.2. The Balaban J connectivity index is 1.34. The number of rotatable bonds is 4. The fourth-order valence-corrected chi connectivity index (χ4v) is 4.28. The largest absolute Gasteiger partial charge is 0.341 e. The highest BCUT2D eigenvalue weighted by Crippen LogP contribution is 2.22. The molecule has 27 heavy (non-hydrogen) atoms. The molecule has 1 amide bonds.